The summed E-state index contributed by atoms with van der Waals surface area (Å²) in [6.07, 6.45) is 5.72. The molecule has 0 radical (unpaired) electrons. The van der Waals surface area contributed by atoms with Gasteiger partial charge in [-0.1, -0.05) is 39.0 Å². The standard InChI is InChI=1S/C22H32N4O2.HI/c1-5-23-21(26-15-20-24-14-19(28-20)22(2,3)4)25-13-16-9-6-7-12-18(16)27-17-10-8-11-17;/h6-7,9,12,14,17H,5,8,10-11,13,15H2,1-4H3,(H2,23,25,26);1H. The molecule has 0 aliphatic heterocycles. The highest BCUT2D eigenvalue weighted by Gasteiger charge is 2.20. The minimum Gasteiger partial charge on any atom is -0.490 e. The summed E-state index contributed by atoms with van der Waals surface area (Å²) in [7, 11) is 0. The maximum absolute atomic E-state index is 6.10. The van der Waals surface area contributed by atoms with Gasteiger partial charge in [0.2, 0.25) is 5.89 Å². The Morgan fingerprint density at radius 3 is 2.62 bits per heavy atom. The van der Waals surface area contributed by atoms with Crippen LogP contribution in [-0.4, -0.2) is 23.6 Å². The van der Waals surface area contributed by atoms with Crippen LogP contribution in [0.15, 0.2) is 39.9 Å². The molecule has 1 aliphatic carbocycles. The number of rotatable bonds is 7. The van der Waals surface area contributed by atoms with Crippen molar-refractivity contribution in [2.45, 2.75) is 71.6 Å². The van der Waals surface area contributed by atoms with Gasteiger partial charge in [0.1, 0.15) is 11.5 Å². The zero-order chi connectivity index (χ0) is 20.0. The normalized spacial score (nSPS) is 14.7. The number of hydrogen-bond donors (Lipinski definition) is 2. The van der Waals surface area contributed by atoms with E-state index in [-0.39, 0.29) is 29.4 Å². The molecule has 1 aromatic carbocycles. The Kier molecular flexibility index (Phi) is 8.79. The summed E-state index contributed by atoms with van der Waals surface area (Å²) in [4.78, 5) is 9.07. The molecule has 2 N–H and O–H groups in total. The van der Waals surface area contributed by atoms with Crippen LogP contribution in [0.2, 0.25) is 0 Å². The largest absolute Gasteiger partial charge is 0.490 e. The molecule has 29 heavy (non-hydrogen) atoms. The van der Waals surface area contributed by atoms with Crippen molar-refractivity contribution in [2.75, 3.05) is 6.54 Å². The summed E-state index contributed by atoms with van der Waals surface area (Å²) in [6, 6.07) is 8.15. The number of guanidine groups is 1. The fraction of sp³-hybridized carbons (Fsp3) is 0.545. The van der Waals surface area contributed by atoms with Gasteiger partial charge >= 0.3 is 0 Å². The Bertz CT molecular complexity index is 794. The number of nitrogens with zero attached hydrogens (tertiary/aromatic N) is 2. The van der Waals surface area contributed by atoms with E-state index in [1.165, 1.54) is 6.42 Å². The third-order valence-electron chi connectivity index (χ3n) is 4.77. The van der Waals surface area contributed by atoms with E-state index in [0.29, 0.717) is 25.1 Å². The molecule has 0 bridgehead atoms. The van der Waals surface area contributed by atoms with Gasteiger partial charge in [0.25, 0.3) is 0 Å². The summed E-state index contributed by atoms with van der Waals surface area (Å²) in [5, 5.41) is 6.57. The lowest BCUT2D eigenvalue weighted by Gasteiger charge is -2.27. The van der Waals surface area contributed by atoms with E-state index >= 15 is 0 Å². The number of oxazole rings is 1. The molecule has 1 aliphatic rings. The summed E-state index contributed by atoms with van der Waals surface area (Å²) in [5.74, 6) is 3.21. The highest BCUT2D eigenvalue weighted by atomic mass is 127. The molecule has 160 valence electrons. The Morgan fingerprint density at radius 2 is 2.00 bits per heavy atom. The zero-order valence-electron chi connectivity index (χ0n) is 17.8. The number of halogens is 1. The first-order valence-electron chi connectivity index (χ1n) is 10.2. The highest BCUT2D eigenvalue weighted by Crippen LogP contribution is 2.28. The van der Waals surface area contributed by atoms with Gasteiger partial charge in [-0.15, -0.1) is 24.0 Å². The number of benzene rings is 1. The third-order valence-corrected chi connectivity index (χ3v) is 4.77. The van der Waals surface area contributed by atoms with Crippen LogP contribution in [0.1, 0.15) is 64.2 Å². The van der Waals surface area contributed by atoms with Gasteiger partial charge < -0.3 is 19.8 Å². The summed E-state index contributed by atoms with van der Waals surface area (Å²) >= 11 is 0. The lowest BCUT2D eigenvalue weighted by molar-refractivity contribution is 0.119. The first-order chi connectivity index (χ1) is 13.5. The molecule has 1 heterocycles. The molecule has 2 aromatic rings. The maximum atomic E-state index is 6.10. The number of aromatic nitrogens is 1. The molecule has 7 heteroatoms. The predicted octanol–water partition coefficient (Wildman–Crippen LogP) is 4.78. The molecule has 0 amide bonds. The van der Waals surface area contributed by atoms with Crippen LogP contribution in [-0.2, 0) is 18.5 Å². The van der Waals surface area contributed by atoms with Crippen molar-refractivity contribution in [1.82, 2.24) is 15.6 Å². The lowest BCUT2D eigenvalue weighted by Crippen LogP contribution is -2.36. The molecule has 6 nitrogen and oxygen atoms in total. The molecule has 1 fully saturated rings. The Morgan fingerprint density at radius 1 is 1.24 bits per heavy atom. The zero-order valence-corrected chi connectivity index (χ0v) is 20.2. The van der Waals surface area contributed by atoms with Gasteiger partial charge in [0.15, 0.2) is 5.96 Å². The molecular formula is C22H33IN4O2. The minimum atomic E-state index is -0.0476. The van der Waals surface area contributed by atoms with E-state index in [2.05, 4.69) is 42.5 Å². The molecule has 3 rings (SSSR count). The molecular weight excluding hydrogens is 479 g/mol. The van der Waals surface area contributed by atoms with Crippen molar-refractivity contribution >= 4 is 29.9 Å². The van der Waals surface area contributed by atoms with Gasteiger partial charge in [-0.25, -0.2) is 9.98 Å². The average Bonchev–Trinajstić information content (AvgIpc) is 3.11. The van der Waals surface area contributed by atoms with Crippen LogP contribution in [0, 0.1) is 0 Å². The Labute approximate surface area is 190 Å². The average molecular weight is 512 g/mol. The first-order valence-corrected chi connectivity index (χ1v) is 10.2. The lowest BCUT2D eigenvalue weighted by atomic mass is 9.94. The van der Waals surface area contributed by atoms with Crippen LogP contribution in [0.5, 0.6) is 5.75 Å². The van der Waals surface area contributed by atoms with Crippen molar-refractivity contribution in [1.29, 1.82) is 0 Å². The second kappa shape index (κ2) is 10.8. The smallest absolute Gasteiger partial charge is 0.213 e. The Hall–Kier alpha value is -1.77. The maximum Gasteiger partial charge on any atom is 0.213 e. The van der Waals surface area contributed by atoms with Crippen molar-refractivity contribution in [3.05, 3.63) is 47.7 Å². The molecule has 0 spiro atoms. The van der Waals surface area contributed by atoms with Crippen LogP contribution >= 0.6 is 24.0 Å². The van der Waals surface area contributed by atoms with E-state index < -0.39 is 0 Å². The van der Waals surface area contributed by atoms with E-state index in [1.54, 1.807) is 6.20 Å². The summed E-state index contributed by atoms with van der Waals surface area (Å²) in [5.41, 5.74) is 1.05. The first kappa shape index (κ1) is 23.5. The highest BCUT2D eigenvalue weighted by molar-refractivity contribution is 14.0. The molecule has 0 unspecified atom stereocenters. The fourth-order valence-corrected chi connectivity index (χ4v) is 2.82. The topological polar surface area (TPSA) is 71.7 Å². The third kappa shape index (κ3) is 6.90. The molecule has 1 saturated carbocycles. The van der Waals surface area contributed by atoms with Crippen molar-refractivity contribution in [2.24, 2.45) is 4.99 Å². The van der Waals surface area contributed by atoms with Crippen molar-refractivity contribution in [3.63, 3.8) is 0 Å². The fourth-order valence-electron chi connectivity index (χ4n) is 2.82. The summed E-state index contributed by atoms with van der Waals surface area (Å²) in [6.45, 7) is 10.2. The van der Waals surface area contributed by atoms with Crippen molar-refractivity contribution in [3.8, 4) is 5.75 Å². The van der Waals surface area contributed by atoms with Crippen molar-refractivity contribution < 1.29 is 9.15 Å². The van der Waals surface area contributed by atoms with Gasteiger partial charge in [-0.2, -0.15) is 0 Å². The summed E-state index contributed by atoms with van der Waals surface area (Å²) < 4.78 is 11.9. The van der Waals surface area contributed by atoms with Gasteiger partial charge in [0.05, 0.1) is 25.4 Å². The van der Waals surface area contributed by atoms with E-state index in [4.69, 9.17) is 14.1 Å². The van der Waals surface area contributed by atoms with E-state index in [9.17, 15) is 0 Å². The number of hydrogen-bond acceptors (Lipinski definition) is 4. The number of nitrogens with one attached hydrogen (secondary N) is 2. The minimum absolute atomic E-state index is 0. The van der Waals surface area contributed by atoms with Crippen LogP contribution in [0.3, 0.4) is 0 Å². The molecule has 0 saturated heterocycles. The number of aliphatic imine (C=N–C) groups is 1. The number of ether oxygens (including phenoxy) is 1. The monoisotopic (exact) mass is 512 g/mol. The molecule has 1 aromatic heterocycles. The molecule has 0 atom stereocenters. The van der Waals surface area contributed by atoms with Gasteiger partial charge in [0, 0.05) is 17.5 Å². The van der Waals surface area contributed by atoms with Gasteiger partial charge in [-0.05, 0) is 32.3 Å². The van der Waals surface area contributed by atoms with Crippen LogP contribution in [0.4, 0.5) is 0 Å². The van der Waals surface area contributed by atoms with Crippen LogP contribution in [0.25, 0.3) is 0 Å². The van der Waals surface area contributed by atoms with Gasteiger partial charge in [-0.3, -0.25) is 0 Å². The SMILES string of the molecule is CCNC(=NCc1ccccc1OC1CCC1)NCc1ncc(C(C)(C)C)o1.I. The van der Waals surface area contributed by atoms with E-state index in [1.807, 2.05) is 25.1 Å². The quantitative estimate of drug-likeness (QED) is 0.318. The number of para-hydroxylation sites is 1. The van der Waals surface area contributed by atoms with Crippen LogP contribution < -0.4 is 15.4 Å². The van der Waals surface area contributed by atoms with E-state index in [0.717, 1.165) is 42.4 Å². The Balaban J connectivity index is 0.00000300. The second-order valence-electron chi connectivity index (χ2n) is 8.20. The predicted molar refractivity (Wildman–Crippen MR) is 127 cm³/mol. The second-order valence-corrected chi connectivity index (χ2v) is 8.20.